The number of piperidine rings is 1. The molecule has 2 heterocycles. The van der Waals surface area contributed by atoms with E-state index in [-0.39, 0.29) is 5.82 Å². The molecule has 0 saturated carbocycles. The van der Waals surface area contributed by atoms with Gasteiger partial charge in [-0.1, -0.05) is 30.4 Å². The third-order valence-electron chi connectivity index (χ3n) is 4.79. The largest absolute Gasteiger partial charge is 0.361 e. The number of rotatable bonds is 3. The summed E-state index contributed by atoms with van der Waals surface area (Å²) in [4.78, 5) is 3.06. The van der Waals surface area contributed by atoms with Gasteiger partial charge in [-0.05, 0) is 78.3 Å². The maximum atomic E-state index is 13.5. The Balaban J connectivity index is 1.84. The molecule has 3 aromatic rings. The summed E-state index contributed by atoms with van der Waals surface area (Å²) in [5.41, 5.74) is 3.65. The highest BCUT2D eigenvalue weighted by molar-refractivity contribution is 14.1. The second-order valence-corrected chi connectivity index (χ2v) is 8.08. The monoisotopic (exact) mass is 491 g/mol. The summed E-state index contributed by atoms with van der Waals surface area (Å²) in [6.07, 6.45) is 3.59. The molecule has 1 aliphatic heterocycles. The van der Waals surface area contributed by atoms with Crippen molar-refractivity contribution in [2.45, 2.75) is 19.3 Å². The Morgan fingerprint density at radius 1 is 0.963 bits per heavy atom. The van der Waals surface area contributed by atoms with Gasteiger partial charge in [0.2, 0.25) is 0 Å². The minimum Gasteiger partial charge on any atom is -0.361 e. The fourth-order valence-corrected chi connectivity index (χ4v) is 4.81. The predicted molar refractivity (Wildman–Crippen MR) is 119 cm³/mol. The molecule has 27 heavy (non-hydrogen) atoms. The Hall–Kier alpha value is -1.80. The van der Waals surface area contributed by atoms with Crippen LogP contribution in [0.2, 0.25) is 0 Å². The van der Waals surface area contributed by atoms with Crippen LogP contribution in [0.25, 0.3) is 16.9 Å². The Morgan fingerprint density at radius 2 is 1.63 bits per heavy atom. The van der Waals surface area contributed by atoms with Gasteiger partial charge < -0.3 is 4.90 Å². The van der Waals surface area contributed by atoms with Crippen molar-refractivity contribution in [1.29, 1.82) is 0 Å². The summed E-state index contributed by atoms with van der Waals surface area (Å²) in [5.74, 6) is -0.247. The number of thiocarbonyl (C=S) groups is 1. The highest BCUT2D eigenvalue weighted by Gasteiger charge is 2.25. The van der Waals surface area contributed by atoms with Gasteiger partial charge in [0.25, 0.3) is 0 Å². The number of aromatic nitrogens is 2. The van der Waals surface area contributed by atoms with E-state index in [0.29, 0.717) is 0 Å². The topological polar surface area (TPSA) is 21.1 Å². The van der Waals surface area contributed by atoms with Gasteiger partial charge >= 0.3 is 0 Å². The van der Waals surface area contributed by atoms with Crippen LogP contribution in [0, 0.1) is 9.39 Å². The lowest BCUT2D eigenvalue weighted by atomic mass is 10.1. The zero-order valence-electron chi connectivity index (χ0n) is 14.7. The molecule has 6 heteroatoms. The zero-order chi connectivity index (χ0) is 18.8. The molecule has 1 fully saturated rings. The van der Waals surface area contributed by atoms with E-state index in [9.17, 15) is 4.39 Å². The van der Waals surface area contributed by atoms with Crippen molar-refractivity contribution in [2.75, 3.05) is 13.1 Å². The number of likely N-dealkylation sites (tertiary alicyclic amines) is 1. The van der Waals surface area contributed by atoms with Crippen LogP contribution < -0.4 is 0 Å². The Morgan fingerprint density at radius 3 is 2.30 bits per heavy atom. The maximum absolute atomic E-state index is 13.5. The predicted octanol–water partition coefficient (Wildman–Crippen LogP) is 5.44. The molecule has 1 aromatic heterocycles. The van der Waals surface area contributed by atoms with E-state index < -0.39 is 0 Å². The SMILES string of the molecule is Fc1ccc(-c2c(I)c(C(=S)N3CCCCC3)nn2-c2ccccc2)cc1. The summed E-state index contributed by atoms with van der Waals surface area (Å²) >= 11 is 8.13. The highest BCUT2D eigenvalue weighted by Crippen LogP contribution is 2.32. The van der Waals surface area contributed by atoms with Gasteiger partial charge in [0.1, 0.15) is 16.5 Å². The van der Waals surface area contributed by atoms with Gasteiger partial charge in [0.15, 0.2) is 0 Å². The molecule has 1 saturated heterocycles. The van der Waals surface area contributed by atoms with Crippen LogP contribution in [-0.2, 0) is 0 Å². The smallest absolute Gasteiger partial charge is 0.134 e. The number of para-hydroxylation sites is 1. The van der Waals surface area contributed by atoms with Gasteiger partial charge in [-0.2, -0.15) is 5.10 Å². The molecule has 0 unspecified atom stereocenters. The first kappa shape index (κ1) is 18.6. The van der Waals surface area contributed by atoms with Crippen molar-refractivity contribution >= 4 is 39.8 Å². The molecule has 4 rings (SSSR count). The van der Waals surface area contributed by atoms with Crippen molar-refractivity contribution < 1.29 is 4.39 Å². The molecule has 0 radical (unpaired) electrons. The molecule has 2 aromatic carbocycles. The van der Waals surface area contributed by atoms with Crippen LogP contribution in [0.4, 0.5) is 4.39 Å². The second-order valence-electron chi connectivity index (χ2n) is 6.62. The molecule has 1 aliphatic rings. The van der Waals surface area contributed by atoms with Crippen LogP contribution in [0.1, 0.15) is 25.0 Å². The number of nitrogens with zero attached hydrogens (tertiary/aromatic N) is 3. The minimum absolute atomic E-state index is 0.247. The van der Waals surface area contributed by atoms with Gasteiger partial charge in [-0.25, -0.2) is 9.07 Å². The first-order valence-corrected chi connectivity index (χ1v) is 10.5. The van der Waals surface area contributed by atoms with Crippen LogP contribution in [-0.4, -0.2) is 32.8 Å². The van der Waals surface area contributed by atoms with Crippen molar-refractivity contribution in [3.8, 4) is 16.9 Å². The van der Waals surface area contributed by atoms with Gasteiger partial charge in [-0.3, -0.25) is 0 Å². The molecular weight excluding hydrogens is 472 g/mol. The lowest BCUT2D eigenvalue weighted by Crippen LogP contribution is -2.35. The minimum atomic E-state index is -0.247. The van der Waals surface area contributed by atoms with Crippen LogP contribution in [0.15, 0.2) is 54.6 Å². The normalized spacial score (nSPS) is 14.4. The van der Waals surface area contributed by atoms with E-state index in [0.717, 1.165) is 44.3 Å². The summed E-state index contributed by atoms with van der Waals surface area (Å²) in [6.45, 7) is 1.97. The average Bonchev–Trinajstić information content (AvgIpc) is 3.06. The number of hydrogen-bond acceptors (Lipinski definition) is 2. The first-order chi connectivity index (χ1) is 13.1. The highest BCUT2D eigenvalue weighted by atomic mass is 127. The first-order valence-electron chi connectivity index (χ1n) is 9.04. The van der Waals surface area contributed by atoms with Crippen molar-refractivity contribution in [1.82, 2.24) is 14.7 Å². The number of hydrogen-bond donors (Lipinski definition) is 0. The Bertz CT molecular complexity index is 948. The Labute approximate surface area is 177 Å². The molecule has 0 N–H and O–H groups in total. The zero-order valence-corrected chi connectivity index (χ0v) is 17.7. The fraction of sp³-hybridized carbons (Fsp3) is 0.238. The third-order valence-corrected chi connectivity index (χ3v) is 6.27. The maximum Gasteiger partial charge on any atom is 0.134 e. The van der Waals surface area contributed by atoms with E-state index in [1.165, 1.54) is 31.4 Å². The van der Waals surface area contributed by atoms with E-state index in [1.54, 1.807) is 12.1 Å². The lowest BCUT2D eigenvalue weighted by molar-refractivity contribution is 0.347. The molecule has 0 bridgehead atoms. The molecule has 0 spiro atoms. The standard InChI is InChI=1S/C21H19FIN3S/c22-16-11-9-15(10-12-16)20-18(23)19(21(27)25-13-5-2-6-14-25)24-26(20)17-7-3-1-4-8-17/h1,3-4,7-12H,2,5-6,13-14H2. The summed E-state index contributed by atoms with van der Waals surface area (Å²) in [6, 6.07) is 16.5. The third kappa shape index (κ3) is 3.78. The molecule has 0 aliphatic carbocycles. The van der Waals surface area contributed by atoms with Gasteiger partial charge in [-0.15, -0.1) is 0 Å². The van der Waals surface area contributed by atoms with E-state index in [1.807, 2.05) is 35.0 Å². The van der Waals surface area contributed by atoms with Crippen molar-refractivity contribution in [2.24, 2.45) is 0 Å². The van der Waals surface area contributed by atoms with Crippen LogP contribution in [0.5, 0.6) is 0 Å². The van der Waals surface area contributed by atoms with Gasteiger partial charge in [0.05, 0.1) is 15.0 Å². The van der Waals surface area contributed by atoms with Crippen LogP contribution >= 0.6 is 34.8 Å². The summed E-state index contributed by atoms with van der Waals surface area (Å²) in [5, 5.41) is 4.89. The van der Waals surface area contributed by atoms with E-state index in [4.69, 9.17) is 17.3 Å². The second kappa shape index (κ2) is 8.06. The fourth-order valence-electron chi connectivity index (χ4n) is 3.40. The van der Waals surface area contributed by atoms with Crippen molar-refractivity contribution in [3.63, 3.8) is 0 Å². The quantitative estimate of drug-likeness (QED) is 0.360. The molecule has 138 valence electrons. The van der Waals surface area contributed by atoms with Gasteiger partial charge in [0, 0.05) is 18.7 Å². The lowest BCUT2D eigenvalue weighted by Gasteiger charge is -2.28. The summed E-state index contributed by atoms with van der Waals surface area (Å²) in [7, 11) is 0. The number of halogens is 2. The van der Waals surface area contributed by atoms with Crippen LogP contribution in [0.3, 0.4) is 0 Å². The average molecular weight is 491 g/mol. The molecule has 0 amide bonds. The molecular formula is C21H19FIN3S. The van der Waals surface area contributed by atoms with E-state index >= 15 is 0 Å². The van der Waals surface area contributed by atoms with Crippen molar-refractivity contribution in [3.05, 3.63) is 69.7 Å². The Kier molecular flexibility index (Phi) is 5.54. The number of benzene rings is 2. The molecule has 3 nitrogen and oxygen atoms in total. The summed E-state index contributed by atoms with van der Waals surface area (Å²) < 4.78 is 16.4. The molecule has 0 atom stereocenters. The van der Waals surface area contributed by atoms with E-state index in [2.05, 4.69) is 27.5 Å².